The van der Waals surface area contributed by atoms with E-state index in [1.807, 2.05) is 27.2 Å². The van der Waals surface area contributed by atoms with E-state index >= 15 is 0 Å². The average molecular weight is 1090 g/mol. The van der Waals surface area contributed by atoms with Crippen LogP contribution >= 0.6 is 7.82 Å². The molecular formula is C67H128N2O6P+. The van der Waals surface area contributed by atoms with Crippen molar-refractivity contribution in [2.75, 3.05) is 40.9 Å². The first kappa shape index (κ1) is 74.2. The maximum Gasteiger partial charge on any atom is 0.472 e. The maximum absolute atomic E-state index is 13.0. The summed E-state index contributed by atoms with van der Waals surface area (Å²) in [5, 5.41) is 13.9. The number of nitrogens with zero attached hydrogens (tertiary/aromatic N) is 1. The van der Waals surface area contributed by atoms with Gasteiger partial charge in [0.1, 0.15) is 13.2 Å². The number of phosphoric acid groups is 1. The molecule has 0 aromatic heterocycles. The van der Waals surface area contributed by atoms with Gasteiger partial charge in [-0.2, -0.15) is 0 Å². The fourth-order valence-corrected chi connectivity index (χ4v) is 10.3. The van der Waals surface area contributed by atoms with Crippen LogP contribution in [0.15, 0.2) is 60.8 Å². The fraction of sp³-hybridized carbons (Fsp3) is 0.836. The van der Waals surface area contributed by atoms with Crippen LogP contribution in [0.3, 0.4) is 0 Å². The van der Waals surface area contributed by atoms with Crippen molar-refractivity contribution >= 4 is 13.7 Å². The third kappa shape index (κ3) is 59.9. The SMILES string of the molecule is CCCCC/C=C/CC/C=C/CC/C=C/C(O)C(COP(=O)(O)OCC[N+](C)(C)C)NC(=O)CCCCCCCCCCCCCCCCCCCCCCCCCCCCCCC/C=C\C/C=C\CCCCCCC. The van der Waals surface area contributed by atoms with E-state index in [9.17, 15) is 19.4 Å². The number of aliphatic hydroxyl groups is 1. The highest BCUT2D eigenvalue weighted by Crippen LogP contribution is 2.43. The molecule has 0 aliphatic heterocycles. The molecule has 0 aromatic carbocycles. The average Bonchev–Trinajstić information content (AvgIpc) is 3.38. The third-order valence-corrected chi connectivity index (χ3v) is 15.7. The van der Waals surface area contributed by atoms with Gasteiger partial charge in [0.05, 0.1) is 39.9 Å². The van der Waals surface area contributed by atoms with Crippen molar-refractivity contribution < 1.29 is 32.9 Å². The van der Waals surface area contributed by atoms with Crippen LogP contribution in [0.4, 0.5) is 0 Å². The van der Waals surface area contributed by atoms with Crippen LogP contribution in [0, 0.1) is 0 Å². The predicted octanol–water partition coefficient (Wildman–Crippen LogP) is 20.4. The number of nitrogens with one attached hydrogen (secondary N) is 1. The van der Waals surface area contributed by atoms with E-state index in [4.69, 9.17) is 9.05 Å². The number of amides is 1. The second kappa shape index (κ2) is 57.9. The zero-order chi connectivity index (χ0) is 55.6. The molecule has 0 heterocycles. The largest absolute Gasteiger partial charge is 0.472 e. The van der Waals surface area contributed by atoms with E-state index in [1.54, 1.807) is 6.08 Å². The van der Waals surface area contributed by atoms with Gasteiger partial charge in [-0.25, -0.2) is 4.57 Å². The number of hydrogen-bond acceptors (Lipinski definition) is 5. The Balaban J connectivity index is 3.85. The van der Waals surface area contributed by atoms with Crippen LogP contribution < -0.4 is 5.32 Å². The number of quaternary nitrogens is 1. The fourth-order valence-electron chi connectivity index (χ4n) is 9.58. The van der Waals surface area contributed by atoms with Crippen LogP contribution in [-0.4, -0.2) is 73.4 Å². The number of carbonyl (C=O) groups is 1. The number of phosphoric ester groups is 1. The standard InChI is InChI=1S/C67H127N2O6P/c1-6-8-10-12-14-16-18-20-21-22-23-24-25-26-27-28-29-30-31-32-33-34-35-36-37-38-39-40-41-42-43-44-45-46-47-49-51-53-55-57-59-61-67(71)68-65(64-75-76(72,73)74-63-62-69(3,4)5)66(70)60-58-56-54-52-50-48-19-17-15-13-11-9-7-2/h15,17-18,20,22-23,50,52,58,60,65-66,70H,6-14,16,19,21,24-49,51,53-57,59,61-64H2,1-5H3,(H-,68,71,72,73)/p+1/b17-15+,20-18-,23-22-,52-50+,60-58+. The number of aliphatic hydroxyl groups excluding tert-OH is 1. The quantitative estimate of drug-likeness (QED) is 0.0243. The van der Waals surface area contributed by atoms with Crippen LogP contribution in [0.5, 0.6) is 0 Å². The lowest BCUT2D eigenvalue weighted by Gasteiger charge is -2.25. The number of rotatable bonds is 60. The van der Waals surface area contributed by atoms with E-state index in [2.05, 4.69) is 67.8 Å². The third-order valence-electron chi connectivity index (χ3n) is 14.7. The summed E-state index contributed by atoms with van der Waals surface area (Å²) in [6, 6.07) is -0.869. The molecule has 1 amide bonds. The molecule has 0 rings (SSSR count). The lowest BCUT2D eigenvalue weighted by atomic mass is 10.0. The summed E-state index contributed by atoms with van der Waals surface area (Å²) in [6.45, 7) is 4.76. The number of unbranched alkanes of at least 4 members (excludes halogenated alkanes) is 39. The topological polar surface area (TPSA) is 105 Å². The summed E-state index contributed by atoms with van der Waals surface area (Å²) in [5.74, 6) is -0.188. The molecule has 0 radical (unpaired) electrons. The normalized spacial score (nSPS) is 14.1. The van der Waals surface area contributed by atoms with Crippen molar-refractivity contribution in [3.05, 3.63) is 60.8 Å². The van der Waals surface area contributed by atoms with E-state index in [1.165, 1.54) is 231 Å². The summed E-state index contributed by atoms with van der Waals surface area (Å²) < 4.78 is 23.7. The van der Waals surface area contributed by atoms with Gasteiger partial charge < -0.3 is 19.8 Å². The molecule has 446 valence electrons. The molecular weight excluding hydrogens is 960 g/mol. The van der Waals surface area contributed by atoms with E-state index in [0.717, 1.165) is 57.8 Å². The highest BCUT2D eigenvalue weighted by Gasteiger charge is 2.27. The Morgan fingerprint density at radius 3 is 1.16 bits per heavy atom. The van der Waals surface area contributed by atoms with E-state index in [0.29, 0.717) is 17.4 Å². The first-order valence-corrected chi connectivity index (χ1v) is 34.2. The number of likely N-dealkylation sites (N-methyl/N-ethyl adjacent to an activating group) is 1. The highest BCUT2D eigenvalue weighted by atomic mass is 31.2. The van der Waals surface area contributed by atoms with Gasteiger partial charge in [-0.1, -0.05) is 286 Å². The molecule has 0 fully saturated rings. The molecule has 0 saturated carbocycles. The molecule has 76 heavy (non-hydrogen) atoms. The Kier molecular flexibility index (Phi) is 56.5. The number of hydrogen-bond donors (Lipinski definition) is 3. The van der Waals surface area contributed by atoms with Gasteiger partial charge in [0, 0.05) is 6.42 Å². The maximum atomic E-state index is 13.0. The van der Waals surface area contributed by atoms with Gasteiger partial charge in [0.15, 0.2) is 0 Å². The van der Waals surface area contributed by atoms with Crippen molar-refractivity contribution in [3.63, 3.8) is 0 Å². The van der Waals surface area contributed by atoms with E-state index in [-0.39, 0.29) is 19.1 Å². The molecule has 0 aliphatic rings. The van der Waals surface area contributed by atoms with Crippen molar-refractivity contribution in [3.8, 4) is 0 Å². The van der Waals surface area contributed by atoms with Gasteiger partial charge in [-0.05, 0) is 77.0 Å². The monoisotopic (exact) mass is 1090 g/mol. The molecule has 9 heteroatoms. The summed E-state index contributed by atoms with van der Waals surface area (Å²) >= 11 is 0. The second-order valence-electron chi connectivity index (χ2n) is 23.5. The Morgan fingerprint density at radius 1 is 0.447 bits per heavy atom. The minimum Gasteiger partial charge on any atom is -0.387 e. The number of carbonyl (C=O) groups excluding carboxylic acids is 1. The Hall–Kier alpha value is -1.80. The molecule has 3 N–H and O–H groups in total. The zero-order valence-corrected chi connectivity index (χ0v) is 51.9. The Morgan fingerprint density at radius 2 is 0.763 bits per heavy atom. The van der Waals surface area contributed by atoms with Gasteiger partial charge in [0.25, 0.3) is 0 Å². The Bertz CT molecular complexity index is 1420. The summed E-state index contributed by atoms with van der Waals surface area (Å²) in [6.07, 6.45) is 79.6. The van der Waals surface area contributed by atoms with Crippen molar-refractivity contribution in [2.24, 2.45) is 0 Å². The van der Waals surface area contributed by atoms with Crippen molar-refractivity contribution in [2.45, 2.75) is 321 Å². The minimum atomic E-state index is -4.36. The van der Waals surface area contributed by atoms with Gasteiger partial charge in [0.2, 0.25) is 5.91 Å². The van der Waals surface area contributed by atoms with Gasteiger partial charge >= 0.3 is 7.82 Å². The highest BCUT2D eigenvalue weighted by molar-refractivity contribution is 7.47. The van der Waals surface area contributed by atoms with Crippen LogP contribution in [0.2, 0.25) is 0 Å². The molecule has 0 spiro atoms. The molecule has 0 aromatic rings. The molecule has 0 aliphatic carbocycles. The minimum absolute atomic E-state index is 0.0538. The van der Waals surface area contributed by atoms with Crippen molar-refractivity contribution in [1.29, 1.82) is 0 Å². The van der Waals surface area contributed by atoms with Crippen LogP contribution in [0.25, 0.3) is 0 Å². The smallest absolute Gasteiger partial charge is 0.387 e. The van der Waals surface area contributed by atoms with Crippen LogP contribution in [0.1, 0.15) is 309 Å². The van der Waals surface area contributed by atoms with Gasteiger partial charge in [-0.3, -0.25) is 13.8 Å². The summed E-state index contributed by atoms with van der Waals surface area (Å²) in [4.78, 5) is 23.3. The number of allylic oxidation sites excluding steroid dienone is 9. The molecule has 0 saturated heterocycles. The van der Waals surface area contributed by atoms with Crippen LogP contribution in [-0.2, 0) is 18.4 Å². The predicted molar refractivity (Wildman–Crippen MR) is 332 cm³/mol. The molecule has 3 unspecified atom stereocenters. The molecule has 8 nitrogen and oxygen atoms in total. The molecule has 0 bridgehead atoms. The zero-order valence-electron chi connectivity index (χ0n) is 51.0. The van der Waals surface area contributed by atoms with E-state index < -0.39 is 20.0 Å². The summed E-state index contributed by atoms with van der Waals surface area (Å²) in [7, 11) is 1.55. The van der Waals surface area contributed by atoms with Gasteiger partial charge in [-0.15, -0.1) is 0 Å². The first-order valence-electron chi connectivity index (χ1n) is 32.7. The lowest BCUT2D eigenvalue weighted by Crippen LogP contribution is -2.45. The Labute approximate surface area is 472 Å². The second-order valence-corrected chi connectivity index (χ2v) is 24.9. The lowest BCUT2D eigenvalue weighted by molar-refractivity contribution is -0.870. The summed E-state index contributed by atoms with van der Waals surface area (Å²) in [5.41, 5.74) is 0. The molecule has 3 atom stereocenters. The first-order chi connectivity index (χ1) is 37.0. The van der Waals surface area contributed by atoms with Crippen molar-refractivity contribution in [1.82, 2.24) is 5.32 Å².